The van der Waals surface area contributed by atoms with Gasteiger partial charge in [-0.25, -0.2) is 0 Å². The lowest BCUT2D eigenvalue weighted by atomic mass is 10.0. The molecular weight excluding hydrogens is 249 g/mol. The minimum atomic E-state index is 0. The normalized spacial score (nSPS) is 12.0. The molecule has 0 unspecified atom stereocenters. The molecule has 1 rings (SSSR count). The molecule has 0 saturated heterocycles. The van der Waals surface area contributed by atoms with E-state index < -0.39 is 0 Å². The molecule has 0 radical (unpaired) electrons. The number of hydrogen-bond acceptors (Lipinski definition) is 1. The highest BCUT2D eigenvalue weighted by Gasteiger charge is 2.03. The maximum Gasteiger partial charge on any atom is 0.0292 e. The fraction of sp³-hybridized carbons (Fsp3) is 0.400. The number of nitrogens with two attached hydrogens (primary N) is 1. The number of rotatable bonds is 2. The van der Waals surface area contributed by atoms with Gasteiger partial charge in [0.15, 0.2) is 0 Å². The Morgan fingerprint density at radius 2 is 2.08 bits per heavy atom. The second-order valence-electron chi connectivity index (χ2n) is 3.02. The molecule has 0 aliphatic carbocycles. The van der Waals surface area contributed by atoms with Crippen molar-refractivity contribution in [3.8, 4) is 0 Å². The van der Waals surface area contributed by atoms with Crippen LogP contribution in [-0.2, 0) is 0 Å². The van der Waals surface area contributed by atoms with Crippen LogP contribution in [0.5, 0.6) is 0 Å². The van der Waals surface area contributed by atoms with Crippen molar-refractivity contribution in [3.63, 3.8) is 0 Å². The maximum atomic E-state index is 5.89. The summed E-state index contributed by atoms with van der Waals surface area (Å²) in [6.45, 7) is 4.17. The summed E-state index contributed by atoms with van der Waals surface area (Å²) in [6.07, 6.45) is 0.982. The fourth-order valence-corrected chi connectivity index (χ4v) is 1.47. The highest BCUT2D eigenvalue weighted by atomic mass is 79.9. The summed E-state index contributed by atoms with van der Waals surface area (Å²) in [5.41, 5.74) is 8.35. The van der Waals surface area contributed by atoms with Crippen molar-refractivity contribution in [1.82, 2.24) is 0 Å². The predicted molar refractivity (Wildman–Crippen MR) is 63.3 cm³/mol. The average Bonchev–Trinajstić information content (AvgIpc) is 2.08. The number of halogens is 2. The molecule has 1 aromatic carbocycles. The van der Waals surface area contributed by atoms with Crippen LogP contribution >= 0.6 is 28.3 Å². The van der Waals surface area contributed by atoms with Gasteiger partial charge in [0.1, 0.15) is 0 Å². The Morgan fingerprint density at radius 3 is 2.54 bits per heavy atom. The summed E-state index contributed by atoms with van der Waals surface area (Å²) in [5, 5.41) is 0. The predicted octanol–water partition coefficient (Wildman–Crippen LogP) is 3.59. The smallest absolute Gasteiger partial charge is 0.0292 e. The molecule has 2 N–H and O–H groups in total. The lowest BCUT2D eigenvalue weighted by Gasteiger charge is -2.10. The van der Waals surface area contributed by atoms with E-state index in [1.54, 1.807) is 0 Å². The first kappa shape index (κ1) is 12.9. The van der Waals surface area contributed by atoms with Crippen molar-refractivity contribution in [2.45, 2.75) is 26.3 Å². The minimum absolute atomic E-state index is 0. The largest absolute Gasteiger partial charge is 0.324 e. The molecule has 1 atom stereocenters. The summed E-state index contributed by atoms with van der Waals surface area (Å²) in [6, 6.07) is 6.45. The van der Waals surface area contributed by atoms with Gasteiger partial charge in [0, 0.05) is 10.5 Å². The molecule has 0 saturated carbocycles. The molecule has 13 heavy (non-hydrogen) atoms. The third kappa shape index (κ3) is 3.29. The molecule has 3 heteroatoms. The Bertz CT molecular complexity index is 276. The van der Waals surface area contributed by atoms with E-state index >= 15 is 0 Å². The third-order valence-corrected chi connectivity index (χ3v) is 2.92. The van der Waals surface area contributed by atoms with Crippen molar-refractivity contribution in [2.75, 3.05) is 0 Å². The van der Waals surface area contributed by atoms with Crippen LogP contribution in [-0.4, -0.2) is 0 Å². The molecule has 1 nitrogen and oxygen atoms in total. The SMILES string of the molecule is CC[C@@H](N)c1ccc(C)c(Br)c1.Cl. The Kier molecular flexibility index (Phi) is 5.61. The van der Waals surface area contributed by atoms with E-state index in [1.165, 1.54) is 11.1 Å². The van der Waals surface area contributed by atoms with Crippen LogP contribution in [0.3, 0.4) is 0 Å². The lowest BCUT2D eigenvalue weighted by Crippen LogP contribution is -2.08. The van der Waals surface area contributed by atoms with Gasteiger partial charge in [-0.2, -0.15) is 0 Å². The highest BCUT2D eigenvalue weighted by Crippen LogP contribution is 2.21. The molecule has 74 valence electrons. The summed E-state index contributed by atoms with van der Waals surface area (Å²) < 4.78 is 1.14. The fourth-order valence-electron chi connectivity index (χ4n) is 1.08. The summed E-state index contributed by atoms with van der Waals surface area (Å²) in [4.78, 5) is 0. The summed E-state index contributed by atoms with van der Waals surface area (Å²) in [7, 11) is 0. The average molecular weight is 265 g/mol. The molecule has 0 aliphatic rings. The second-order valence-corrected chi connectivity index (χ2v) is 3.88. The van der Waals surface area contributed by atoms with Crippen molar-refractivity contribution >= 4 is 28.3 Å². The van der Waals surface area contributed by atoms with Crippen molar-refractivity contribution < 1.29 is 0 Å². The maximum absolute atomic E-state index is 5.89. The first-order valence-corrected chi connectivity index (χ1v) is 4.96. The Morgan fingerprint density at radius 1 is 1.46 bits per heavy atom. The van der Waals surface area contributed by atoms with Crippen LogP contribution in [0.4, 0.5) is 0 Å². The number of aryl methyl sites for hydroxylation is 1. The van der Waals surface area contributed by atoms with Gasteiger partial charge >= 0.3 is 0 Å². The van der Waals surface area contributed by atoms with Gasteiger partial charge in [0.05, 0.1) is 0 Å². The Hall–Kier alpha value is -0.0500. The van der Waals surface area contributed by atoms with Gasteiger partial charge in [-0.15, -0.1) is 12.4 Å². The Balaban J connectivity index is 0.00000144. The van der Waals surface area contributed by atoms with Crippen molar-refractivity contribution in [2.24, 2.45) is 5.73 Å². The number of benzene rings is 1. The van der Waals surface area contributed by atoms with E-state index in [9.17, 15) is 0 Å². The van der Waals surface area contributed by atoms with Gasteiger partial charge in [0.25, 0.3) is 0 Å². The first-order valence-electron chi connectivity index (χ1n) is 4.16. The van der Waals surface area contributed by atoms with E-state index in [1.807, 2.05) is 0 Å². The third-order valence-electron chi connectivity index (χ3n) is 2.06. The van der Waals surface area contributed by atoms with Gasteiger partial charge in [-0.05, 0) is 30.5 Å². The topological polar surface area (TPSA) is 26.0 Å². The standard InChI is InChI=1S/C10H14BrN.ClH/c1-3-10(12)8-5-4-7(2)9(11)6-8;/h4-6,10H,3,12H2,1-2H3;1H/t10-;/m1./s1. The van der Waals surface area contributed by atoms with Gasteiger partial charge in [0.2, 0.25) is 0 Å². The van der Waals surface area contributed by atoms with E-state index in [2.05, 4.69) is 48.0 Å². The lowest BCUT2D eigenvalue weighted by molar-refractivity contribution is 0.698. The van der Waals surface area contributed by atoms with Gasteiger partial charge in [-0.1, -0.05) is 35.0 Å². The molecular formula is C10H15BrClN. The molecule has 0 amide bonds. The van der Waals surface area contributed by atoms with Crippen LogP contribution in [0.2, 0.25) is 0 Å². The Labute approximate surface area is 94.3 Å². The van der Waals surface area contributed by atoms with Crippen LogP contribution in [0, 0.1) is 6.92 Å². The zero-order valence-electron chi connectivity index (χ0n) is 7.88. The van der Waals surface area contributed by atoms with Crippen LogP contribution in [0.25, 0.3) is 0 Å². The van der Waals surface area contributed by atoms with Gasteiger partial charge < -0.3 is 5.73 Å². The molecule has 0 aliphatic heterocycles. The van der Waals surface area contributed by atoms with E-state index in [0.29, 0.717) is 0 Å². The summed E-state index contributed by atoms with van der Waals surface area (Å²) >= 11 is 3.49. The minimum Gasteiger partial charge on any atom is -0.324 e. The van der Waals surface area contributed by atoms with Crippen molar-refractivity contribution in [3.05, 3.63) is 33.8 Å². The number of hydrogen-bond donors (Lipinski definition) is 1. The van der Waals surface area contributed by atoms with E-state index in [-0.39, 0.29) is 18.4 Å². The summed E-state index contributed by atoms with van der Waals surface area (Å²) in [5.74, 6) is 0. The first-order chi connectivity index (χ1) is 5.65. The molecule has 1 aromatic rings. The van der Waals surface area contributed by atoms with Gasteiger partial charge in [-0.3, -0.25) is 0 Å². The van der Waals surface area contributed by atoms with Crippen LogP contribution in [0.15, 0.2) is 22.7 Å². The molecule has 0 bridgehead atoms. The van der Waals surface area contributed by atoms with Crippen LogP contribution in [0.1, 0.15) is 30.5 Å². The monoisotopic (exact) mass is 263 g/mol. The molecule has 0 aromatic heterocycles. The van der Waals surface area contributed by atoms with E-state index in [0.717, 1.165) is 10.9 Å². The molecule has 0 fully saturated rings. The van der Waals surface area contributed by atoms with E-state index in [4.69, 9.17) is 5.73 Å². The quantitative estimate of drug-likeness (QED) is 0.868. The molecule has 0 spiro atoms. The second kappa shape index (κ2) is 5.63. The zero-order chi connectivity index (χ0) is 9.14. The molecule has 0 heterocycles. The van der Waals surface area contributed by atoms with Crippen molar-refractivity contribution in [1.29, 1.82) is 0 Å². The zero-order valence-corrected chi connectivity index (χ0v) is 10.3. The van der Waals surface area contributed by atoms with Crippen LogP contribution < -0.4 is 5.73 Å². The highest BCUT2D eigenvalue weighted by molar-refractivity contribution is 9.10.